The van der Waals surface area contributed by atoms with Crippen molar-refractivity contribution in [2.24, 2.45) is 0 Å². The number of aromatic amines is 1. The van der Waals surface area contributed by atoms with Gasteiger partial charge in [-0.2, -0.15) is 8.42 Å². The van der Waals surface area contributed by atoms with Crippen LogP contribution in [0.15, 0.2) is 28.3 Å². The molecular weight excluding hydrogens is 404 g/mol. The Labute approximate surface area is 180 Å². The van der Waals surface area contributed by atoms with Gasteiger partial charge in [0.25, 0.3) is 10.1 Å². The van der Waals surface area contributed by atoms with E-state index in [4.69, 9.17) is 4.55 Å². The van der Waals surface area contributed by atoms with E-state index < -0.39 is 10.1 Å². The van der Waals surface area contributed by atoms with Gasteiger partial charge in [-0.3, -0.25) is 4.55 Å². The first-order chi connectivity index (χ1) is 14.0. The minimum atomic E-state index is -4.18. The van der Waals surface area contributed by atoms with Crippen LogP contribution in [0.3, 0.4) is 0 Å². The van der Waals surface area contributed by atoms with Crippen molar-refractivity contribution in [2.75, 3.05) is 5.75 Å². The minimum Gasteiger partial charge on any atom is -0.333 e. The molecule has 2 aromatic rings. The zero-order valence-electron chi connectivity index (χ0n) is 17.7. The van der Waals surface area contributed by atoms with Crippen LogP contribution in [0, 0.1) is 0 Å². The van der Waals surface area contributed by atoms with Crippen molar-refractivity contribution in [2.45, 2.75) is 100 Å². The topological polar surface area (TPSA) is 83.1 Å². The summed E-state index contributed by atoms with van der Waals surface area (Å²) in [5.41, 5.74) is 1.35. The van der Waals surface area contributed by atoms with E-state index in [2.05, 4.69) is 16.9 Å². The number of hydrogen-bond acceptors (Lipinski definition) is 4. The van der Waals surface area contributed by atoms with Gasteiger partial charge in [-0.15, -0.1) is 0 Å². The highest BCUT2D eigenvalue weighted by atomic mass is 32.2. The van der Waals surface area contributed by atoms with Crippen LogP contribution in [-0.4, -0.2) is 28.7 Å². The highest BCUT2D eigenvalue weighted by molar-refractivity contribution is 7.99. The van der Waals surface area contributed by atoms with E-state index in [0.29, 0.717) is 11.0 Å². The molecule has 2 rings (SSSR count). The SMILES string of the molecule is CCCCCCCCCCCCCCCSc1nc2ccc(S(=O)(=O)O)cc2[nH]1. The lowest BCUT2D eigenvalue weighted by Crippen LogP contribution is -1.97. The van der Waals surface area contributed by atoms with Gasteiger partial charge < -0.3 is 4.98 Å². The maximum atomic E-state index is 11.2. The maximum Gasteiger partial charge on any atom is 0.294 e. The number of hydrogen-bond donors (Lipinski definition) is 2. The lowest BCUT2D eigenvalue weighted by Gasteiger charge is -2.03. The van der Waals surface area contributed by atoms with E-state index in [1.807, 2.05) is 0 Å². The van der Waals surface area contributed by atoms with Crippen molar-refractivity contribution in [3.8, 4) is 0 Å². The predicted molar refractivity (Wildman–Crippen MR) is 122 cm³/mol. The molecule has 0 unspecified atom stereocenters. The number of aromatic nitrogens is 2. The van der Waals surface area contributed by atoms with Gasteiger partial charge in [0.15, 0.2) is 5.16 Å². The number of H-pyrrole nitrogens is 1. The van der Waals surface area contributed by atoms with Crippen molar-refractivity contribution in [3.05, 3.63) is 18.2 Å². The van der Waals surface area contributed by atoms with Crippen molar-refractivity contribution in [1.29, 1.82) is 0 Å². The lowest BCUT2D eigenvalue weighted by molar-refractivity contribution is 0.483. The second-order valence-electron chi connectivity index (χ2n) is 7.79. The Morgan fingerprint density at radius 2 is 1.45 bits per heavy atom. The third-order valence-corrected chi connectivity index (χ3v) is 7.03. The summed E-state index contributed by atoms with van der Waals surface area (Å²) in [5, 5.41) is 0.798. The number of nitrogens with one attached hydrogen (secondary N) is 1. The number of benzene rings is 1. The molecule has 0 aliphatic heterocycles. The molecule has 0 fully saturated rings. The van der Waals surface area contributed by atoms with Crippen molar-refractivity contribution < 1.29 is 13.0 Å². The summed E-state index contributed by atoms with van der Waals surface area (Å²) in [6.45, 7) is 2.27. The van der Waals surface area contributed by atoms with Crippen molar-refractivity contribution >= 4 is 32.9 Å². The predicted octanol–water partition coefficient (Wildman–Crippen LogP) is 6.99. The Bertz CT molecular complexity index is 819. The molecule has 0 bridgehead atoms. The molecule has 0 aliphatic carbocycles. The Balaban J connectivity index is 1.50. The van der Waals surface area contributed by atoms with Gasteiger partial charge in [-0.1, -0.05) is 95.7 Å². The number of unbranched alkanes of at least 4 members (excludes halogenated alkanes) is 12. The van der Waals surface area contributed by atoms with Crippen LogP contribution in [-0.2, 0) is 10.1 Å². The minimum absolute atomic E-state index is 0.110. The van der Waals surface area contributed by atoms with Gasteiger partial charge in [0.05, 0.1) is 15.9 Å². The van der Waals surface area contributed by atoms with Crippen LogP contribution >= 0.6 is 11.8 Å². The Kier molecular flexibility index (Phi) is 11.1. The van der Waals surface area contributed by atoms with Crippen LogP contribution in [0.4, 0.5) is 0 Å². The van der Waals surface area contributed by atoms with Gasteiger partial charge in [0, 0.05) is 5.75 Å². The highest BCUT2D eigenvalue weighted by Crippen LogP contribution is 2.23. The van der Waals surface area contributed by atoms with E-state index in [0.717, 1.165) is 17.3 Å². The molecule has 29 heavy (non-hydrogen) atoms. The lowest BCUT2D eigenvalue weighted by atomic mass is 10.1. The summed E-state index contributed by atoms with van der Waals surface area (Å²) in [4.78, 5) is 7.49. The molecule has 0 radical (unpaired) electrons. The monoisotopic (exact) mass is 440 g/mol. The zero-order valence-corrected chi connectivity index (χ0v) is 19.3. The number of nitrogens with zero attached hydrogens (tertiary/aromatic N) is 1. The summed E-state index contributed by atoms with van der Waals surface area (Å²) >= 11 is 1.66. The third-order valence-electron chi connectivity index (χ3n) is 5.22. The smallest absolute Gasteiger partial charge is 0.294 e. The Hall–Kier alpha value is -1.05. The second kappa shape index (κ2) is 13.3. The average Bonchev–Trinajstić information content (AvgIpc) is 3.09. The molecule has 0 amide bonds. The van der Waals surface area contributed by atoms with Crippen molar-refractivity contribution in [1.82, 2.24) is 9.97 Å². The zero-order chi connectivity index (χ0) is 21.0. The van der Waals surface area contributed by atoms with E-state index >= 15 is 0 Å². The fourth-order valence-corrected chi connectivity index (χ4v) is 4.88. The van der Waals surface area contributed by atoms with Crippen LogP contribution in [0.25, 0.3) is 11.0 Å². The molecule has 0 saturated heterocycles. The van der Waals surface area contributed by atoms with E-state index in [-0.39, 0.29) is 4.90 Å². The second-order valence-corrected chi connectivity index (χ2v) is 10.3. The molecule has 0 saturated carbocycles. The maximum absolute atomic E-state index is 11.2. The molecule has 0 aliphatic rings. The van der Waals surface area contributed by atoms with Crippen LogP contribution in [0.5, 0.6) is 0 Å². The summed E-state index contributed by atoms with van der Waals surface area (Å²) in [5.74, 6) is 1.00. The summed E-state index contributed by atoms with van der Waals surface area (Å²) < 4.78 is 31.6. The molecule has 164 valence electrons. The molecule has 1 heterocycles. The first-order valence-corrected chi connectivity index (χ1v) is 13.5. The summed E-state index contributed by atoms with van der Waals surface area (Å²) in [7, 11) is -4.18. The van der Waals surface area contributed by atoms with Crippen molar-refractivity contribution in [3.63, 3.8) is 0 Å². The number of imidazole rings is 1. The highest BCUT2D eigenvalue weighted by Gasteiger charge is 2.12. The van der Waals surface area contributed by atoms with Gasteiger partial charge in [0.1, 0.15) is 0 Å². The van der Waals surface area contributed by atoms with Crippen LogP contribution < -0.4 is 0 Å². The number of thioether (sulfide) groups is 1. The van der Waals surface area contributed by atoms with E-state index in [9.17, 15) is 8.42 Å². The van der Waals surface area contributed by atoms with Gasteiger partial charge in [-0.25, -0.2) is 4.98 Å². The Morgan fingerprint density at radius 3 is 2.00 bits per heavy atom. The van der Waals surface area contributed by atoms with Gasteiger partial charge in [-0.05, 0) is 24.6 Å². The van der Waals surface area contributed by atoms with Crippen LogP contribution in [0.2, 0.25) is 0 Å². The molecule has 5 nitrogen and oxygen atoms in total. The first-order valence-electron chi connectivity index (χ1n) is 11.1. The summed E-state index contributed by atoms with van der Waals surface area (Å²) in [6.07, 6.45) is 17.6. The van der Waals surface area contributed by atoms with E-state index in [1.54, 1.807) is 17.8 Å². The number of fused-ring (bicyclic) bond motifs is 1. The molecule has 1 aromatic carbocycles. The third kappa shape index (κ3) is 9.53. The summed E-state index contributed by atoms with van der Waals surface area (Å²) in [6, 6.07) is 4.41. The fraction of sp³-hybridized carbons (Fsp3) is 0.682. The first kappa shape index (κ1) is 24.2. The molecular formula is C22H36N2O3S2. The largest absolute Gasteiger partial charge is 0.333 e. The molecule has 7 heteroatoms. The average molecular weight is 441 g/mol. The normalized spacial score (nSPS) is 12.1. The fourth-order valence-electron chi connectivity index (χ4n) is 3.48. The van der Waals surface area contributed by atoms with Crippen LogP contribution in [0.1, 0.15) is 90.4 Å². The quantitative estimate of drug-likeness (QED) is 0.167. The molecule has 2 N–H and O–H groups in total. The van der Waals surface area contributed by atoms with Gasteiger partial charge >= 0.3 is 0 Å². The standard InChI is InChI=1S/C22H36N2O3S2/c1-2-3-4-5-6-7-8-9-10-11-12-13-14-17-28-22-23-20-16-15-19(29(25,26)27)18-21(20)24-22/h15-16,18H,2-14,17H2,1H3,(H,23,24)(H,25,26,27). The Morgan fingerprint density at radius 1 is 0.897 bits per heavy atom. The van der Waals surface area contributed by atoms with Gasteiger partial charge in [0.2, 0.25) is 0 Å². The molecule has 1 aromatic heterocycles. The van der Waals surface area contributed by atoms with E-state index in [1.165, 1.54) is 89.2 Å². The molecule has 0 spiro atoms. The molecule has 0 atom stereocenters. The number of rotatable bonds is 16.